The average Bonchev–Trinajstić information content (AvgIpc) is 2.42. The van der Waals surface area contributed by atoms with Crippen molar-refractivity contribution in [2.75, 3.05) is 13.2 Å². The van der Waals surface area contributed by atoms with Crippen LogP contribution >= 0.6 is 0 Å². The topological polar surface area (TPSA) is 41.8 Å². The van der Waals surface area contributed by atoms with Gasteiger partial charge in [0.05, 0.1) is 5.76 Å². The molecule has 0 bridgehead atoms. The molecule has 110 valence electrons. The summed E-state index contributed by atoms with van der Waals surface area (Å²) in [6.45, 7) is 11.3. The maximum atomic E-state index is 8.81. The van der Waals surface area contributed by atoms with E-state index in [2.05, 4.69) is 25.8 Å². The number of aliphatic hydroxyl groups excluding tert-OH is 1. The maximum Gasteiger partial charge on any atom is 0.119 e. The van der Waals surface area contributed by atoms with Crippen molar-refractivity contribution >= 4 is 6.21 Å². The third-order valence-corrected chi connectivity index (χ3v) is 3.06. The van der Waals surface area contributed by atoms with Crippen molar-refractivity contribution in [3.8, 4) is 0 Å². The first-order valence-corrected chi connectivity index (χ1v) is 7.24. The molecule has 1 unspecified atom stereocenters. The van der Waals surface area contributed by atoms with Crippen LogP contribution in [-0.2, 0) is 4.74 Å². The van der Waals surface area contributed by atoms with E-state index in [-0.39, 0.29) is 12.7 Å². The Balaban J connectivity index is 4.91. The van der Waals surface area contributed by atoms with Gasteiger partial charge in [0.1, 0.15) is 6.10 Å². The molecule has 1 N–H and O–H groups in total. The zero-order valence-corrected chi connectivity index (χ0v) is 13.1. The van der Waals surface area contributed by atoms with Gasteiger partial charge in [-0.1, -0.05) is 13.8 Å². The summed E-state index contributed by atoms with van der Waals surface area (Å²) in [5.74, 6) is 0.878. The number of aliphatic imine (C=N–C) groups is 1. The van der Waals surface area contributed by atoms with E-state index in [1.165, 1.54) is 11.1 Å². The van der Waals surface area contributed by atoms with Crippen LogP contribution in [0.3, 0.4) is 0 Å². The van der Waals surface area contributed by atoms with Gasteiger partial charge in [-0.25, -0.2) is 0 Å². The Morgan fingerprint density at radius 1 is 1.26 bits per heavy atom. The van der Waals surface area contributed by atoms with Crippen molar-refractivity contribution in [2.24, 2.45) is 4.99 Å². The summed E-state index contributed by atoms with van der Waals surface area (Å²) in [5, 5.41) is 8.81. The molecule has 0 aromatic carbocycles. The van der Waals surface area contributed by atoms with Gasteiger partial charge in [0.15, 0.2) is 0 Å². The first-order chi connectivity index (χ1) is 9.10. The molecule has 0 aliphatic carbocycles. The van der Waals surface area contributed by atoms with Crippen LogP contribution in [0, 0.1) is 0 Å². The summed E-state index contributed by atoms with van der Waals surface area (Å²) in [6, 6.07) is 0. The average molecular weight is 267 g/mol. The fourth-order valence-electron chi connectivity index (χ4n) is 1.90. The van der Waals surface area contributed by atoms with Crippen LogP contribution in [0.2, 0.25) is 0 Å². The van der Waals surface area contributed by atoms with Gasteiger partial charge in [-0.05, 0) is 57.3 Å². The first kappa shape index (κ1) is 17.9. The Morgan fingerprint density at radius 2 is 1.95 bits per heavy atom. The van der Waals surface area contributed by atoms with Gasteiger partial charge < -0.3 is 9.84 Å². The third kappa shape index (κ3) is 7.16. The van der Waals surface area contributed by atoms with Crippen molar-refractivity contribution in [3.05, 3.63) is 23.0 Å². The lowest BCUT2D eigenvalue weighted by Crippen LogP contribution is -2.14. The Morgan fingerprint density at radius 3 is 2.42 bits per heavy atom. The molecule has 0 amide bonds. The summed E-state index contributed by atoms with van der Waals surface area (Å²) in [4.78, 5) is 4.32. The Bertz CT molecular complexity index is 330. The molecule has 0 heterocycles. The lowest BCUT2D eigenvalue weighted by Gasteiger charge is -2.21. The second-order valence-electron chi connectivity index (χ2n) is 4.53. The van der Waals surface area contributed by atoms with Gasteiger partial charge in [-0.15, -0.1) is 0 Å². The van der Waals surface area contributed by atoms with E-state index in [1.54, 1.807) is 0 Å². The van der Waals surface area contributed by atoms with Crippen LogP contribution in [0.25, 0.3) is 0 Å². The summed E-state index contributed by atoms with van der Waals surface area (Å²) in [7, 11) is 0. The minimum absolute atomic E-state index is 0.0909. The molecule has 0 fully saturated rings. The molecule has 3 heteroatoms. The first-order valence-electron chi connectivity index (χ1n) is 7.24. The number of rotatable bonds is 9. The fourth-order valence-corrected chi connectivity index (χ4v) is 1.90. The van der Waals surface area contributed by atoms with Gasteiger partial charge in [0.2, 0.25) is 0 Å². The number of hydrogen-bond donors (Lipinski definition) is 1. The fraction of sp³-hybridized carbons (Fsp3) is 0.688. The standard InChI is InChI=1S/C16H29NO2/c1-6-15(12-17-8-3)14(5)16(7-2)19-13(4)10-9-11-18/h10,12,16,18H,6-9,11H2,1-5H3/b13-10+,15-14+,17-12?. The van der Waals surface area contributed by atoms with E-state index in [0.717, 1.165) is 25.1 Å². The van der Waals surface area contributed by atoms with Gasteiger partial charge in [0.25, 0.3) is 0 Å². The summed E-state index contributed by atoms with van der Waals surface area (Å²) < 4.78 is 5.96. The number of allylic oxidation sites excluding steroid dienone is 2. The Labute approximate surface area is 118 Å². The highest BCUT2D eigenvalue weighted by Gasteiger charge is 2.13. The largest absolute Gasteiger partial charge is 0.491 e. The molecule has 1 atom stereocenters. The van der Waals surface area contributed by atoms with Gasteiger partial charge >= 0.3 is 0 Å². The van der Waals surface area contributed by atoms with E-state index in [9.17, 15) is 0 Å². The van der Waals surface area contributed by atoms with Crippen molar-refractivity contribution in [3.63, 3.8) is 0 Å². The van der Waals surface area contributed by atoms with Crippen molar-refractivity contribution in [1.29, 1.82) is 0 Å². The molecule has 3 nitrogen and oxygen atoms in total. The van der Waals surface area contributed by atoms with Crippen LogP contribution in [0.15, 0.2) is 28.0 Å². The van der Waals surface area contributed by atoms with Crippen LogP contribution in [0.4, 0.5) is 0 Å². The van der Waals surface area contributed by atoms with Crippen molar-refractivity contribution in [1.82, 2.24) is 0 Å². The normalized spacial score (nSPS) is 15.6. The highest BCUT2D eigenvalue weighted by atomic mass is 16.5. The molecule has 0 radical (unpaired) electrons. The van der Waals surface area contributed by atoms with E-state index in [4.69, 9.17) is 9.84 Å². The molecule has 0 aliphatic heterocycles. The molecule has 0 rings (SSSR count). The summed E-state index contributed by atoms with van der Waals surface area (Å²) >= 11 is 0. The molecule has 0 saturated carbocycles. The second kappa shape index (κ2) is 10.8. The van der Waals surface area contributed by atoms with Crippen molar-refractivity contribution in [2.45, 2.75) is 60.0 Å². The van der Waals surface area contributed by atoms with E-state index in [1.807, 2.05) is 26.1 Å². The molecule has 0 spiro atoms. The minimum atomic E-state index is 0.0909. The van der Waals surface area contributed by atoms with E-state index in [0.29, 0.717) is 6.42 Å². The molecule has 0 aliphatic rings. The third-order valence-electron chi connectivity index (χ3n) is 3.06. The highest BCUT2D eigenvalue weighted by Crippen LogP contribution is 2.19. The minimum Gasteiger partial charge on any atom is -0.491 e. The molecule has 0 aromatic heterocycles. The lowest BCUT2D eigenvalue weighted by atomic mass is 10.0. The predicted molar refractivity (Wildman–Crippen MR) is 82.6 cm³/mol. The summed E-state index contributed by atoms with van der Waals surface area (Å²) in [6.07, 6.45) is 6.53. The zero-order chi connectivity index (χ0) is 14.7. The Hall–Kier alpha value is -1.09. The van der Waals surface area contributed by atoms with E-state index >= 15 is 0 Å². The lowest BCUT2D eigenvalue weighted by molar-refractivity contribution is 0.141. The quantitative estimate of drug-likeness (QED) is 0.509. The predicted octanol–water partition coefficient (Wildman–Crippen LogP) is 3.89. The molecule has 0 saturated heterocycles. The van der Waals surface area contributed by atoms with Gasteiger partial charge in [0, 0.05) is 19.4 Å². The summed E-state index contributed by atoms with van der Waals surface area (Å²) in [5.41, 5.74) is 2.50. The van der Waals surface area contributed by atoms with Crippen LogP contribution in [-0.4, -0.2) is 30.6 Å². The van der Waals surface area contributed by atoms with Crippen LogP contribution in [0.1, 0.15) is 53.9 Å². The number of aliphatic hydroxyl groups is 1. The van der Waals surface area contributed by atoms with Crippen LogP contribution in [0.5, 0.6) is 0 Å². The monoisotopic (exact) mass is 267 g/mol. The second-order valence-corrected chi connectivity index (χ2v) is 4.53. The Kier molecular flexibility index (Phi) is 10.2. The van der Waals surface area contributed by atoms with Crippen molar-refractivity contribution < 1.29 is 9.84 Å². The SMILES string of the molecule is CCN=C/C(CC)=C(\C)C(CC)O/C(C)=C/CCO. The molecular weight excluding hydrogens is 238 g/mol. The zero-order valence-electron chi connectivity index (χ0n) is 13.1. The van der Waals surface area contributed by atoms with E-state index < -0.39 is 0 Å². The number of hydrogen-bond acceptors (Lipinski definition) is 3. The highest BCUT2D eigenvalue weighted by molar-refractivity contribution is 5.79. The van der Waals surface area contributed by atoms with Gasteiger partial charge in [-0.3, -0.25) is 4.99 Å². The number of ether oxygens (including phenoxy) is 1. The molecule has 0 aromatic rings. The smallest absolute Gasteiger partial charge is 0.119 e. The number of nitrogens with zero attached hydrogens (tertiary/aromatic N) is 1. The van der Waals surface area contributed by atoms with Crippen LogP contribution < -0.4 is 0 Å². The maximum absolute atomic E-state index is 8.81. The molecule has 19 heavy (non-hydrogen) atoms. The molecular formula is C16H29NO2. The van der Waals surface area contributed by atoms with Gasteiger partial charge in [-0.2, -0.15) is 0 Å².